The second-order valence-electron chi connectivity index (χ2n) is 5.34. The van der Waals surface area contributed by atoms with E-state index >= 15 is 0 Å². The summed E-state index contributed by atoms with van der Waals surface area (Å²) in [4.78, 5) is 17.7. The third kappa shape index (κ3) is 3.06. The van der Waals surface area contributed by atoms with E-state index in [-0.39, 0.29) is 23.4 Å². The van der Waals surface area contributed by atoms with Crippen LogP contribution in [0, 0.1) is 0 Å². The second kappa shape index (κ2) is 6.31. The molecule has 3 heterocycles. The van der Waals surface area contributed by atoms with Crippen molar-refractivity contribution in [1.29, 1.82) is 0 Å². The first-order valence-electron chi connectivity index (χ1n) is 7.22. The molecule has 1 amide bonds. The lowest BCUT2D eigenvalue weighted by Gasteiger charge is -2.29. The summed E-state index contributed by atoms with van der Waals surface area (Å²) >= 11 is 2.83. The van der Waals surface area contributed by atoms with Gasteiger partial charge in [-0.2, -0.15) is 4.31 Å². The Hall–Kier alpha value is -1.29. The molecule has 1 N–H and O–H groups in total. The number of likely N-dealkylation sites (N-methyl/N-ethyl adjacent to an activating group) is 1. The molecule has 0 bridgehead atoms. The van der Waals surface area contributed by atoms with Gasteiger partial charge in [-0.25, -0.2) is 13.4 Å². The van der Waals surface area contributed by atoms with E-state index in [0.29, 0.717) is 10.6 Å². The van der Waals surface area contributed by atoms with Gasteiger partial charge in [0.05, 0.1) is 15.9 Å². The Morgan fingerprint density at radius 1 is 1.48 bits per heavy atom. The predicted octanol–water partition coefficient (Wildman–Crippen LogP) is 2.26. The number of thiophene rings is 1. The molecule has 0 spiro atoms. The van der Waals surface area contributed by atoms with Gasteiger partial charge < -0.3 is 5.32 Å². The molecule has 1 atom stereocenters. The molecule has 2 aromatic heterocycles. The van der Waals surface area contributed by atoms with Crippen molar-refractivity contribution in [3.8, 4) is 0 Å². The largest absolute Gasteiger partial charge is 0.342 e. The van der Waals surface area contributed by atoms with Gasteiger partial charge in [0.25, 0.3) is 5.91 Å². The van der Waals surface area contributed by atoms with Gasteiger partial charge in [-0.1, -0.05) is 6.92 Å². The highest BCUT2D eigenvalue weighted by atomic mass is 32.2. The van der Waals surface area contributed by atoms with Gasteiger partial charge in [0.2, 0.25) is 10.0 Å². The zero-order valence-electron chi connectivity index (χ0n) is 12.8. The number of rotatable bonds is 4. The van der Waals surface area contributed by atoms with Crippen molar-refractivity contribution in [1.82, 2.24) is 14.6 Å². The molecule has 6 nitrogen and oxygen atoms in total. The minimum absolute atomic E-state index is 0.230. The third-order valence-corrected chi connectivity index (χ3v) is 7.61. The van der Waals surface area contributed by atoms with Crippen molar-refractivity contribution < 1.29 is 13.2 Å². The van der Waals surface area contributed by atoms with Crippen LogP contribution in [0.2, 0.25) is 0 Å². The summed E-state index contributed by atoms with van der Waals surface area (Å²) in [5, 5.41) is 7.34. The third-order valence-electron chi connectivity index (χ3n) is 3.66. The molecular formula is C14H17N3O3S3. The Bertz CT molecular complexity index is 825. The van der Waals surface area contributed by atoms with Gasteiger partial charge >= 0.3 is 0 Å². The maximum Gasteiger partial charge on any atom is 0.271 e. The number of thiazole rings is 1. The first-order valence-corrected chi connectivity index (χ1v) is 10.4. The summed E-state index contributed by atoms with van der Waals surface area (Å²) in [7, 11) is -1.91. The van der Waals surface area contributed by atoms with Gasteiger partial charge in [-0.3, -0.25) is 4.79 Å². The first kappa shape index (κ1) is 16.6. The van der Waals surface area contributed by atoms with Crippen LogP contribution in [0.5, 0.6) is 0 Å². The highest BCUT2D eigenvalue weighted by Crippen LogP contribution is 2.35. The molecular weight excluding hydrogens is 354 g/mol. The highest BCUT2D eigenvalue weighted by Gasteiger charge is 2.36. The van der Waals surface area contributed by atoms with Gasteiger partial charge in [-0.15, -0.1) is 22.7 Å². The van der Waals surface area contributed by atoms with Gasteiger partial charge in [0, 0.05) is 23.8 Å². The molecule has 0 aliphatic carbocycles. The molecule has 1 aliphatic heterocycles. The number of nitrogens with zero attached hydrogens (tertiary/aromatic N) is 2. The van der Waals surface area contributed by atoms with E-state index in [1.807, 2.05) is 0 Å². The fourth-order valence-corrected chi connectivity index (χ4v) is 6.05. The normalized spacial score (nSPS) is 20.2. The number of hydrogen-bond acceptors (Lipinski definition) is 6. The van der Waals surface area contributed by atoms with E-state index < -0.39 is 10.0 Å². The van der Waals surface area contributed by atoms with E-state index in [9.17, 15) is 13.2 Å². The molecule has 1 aliphatic rings. The number of aromatic nitrogens is 1. The average Bonchev–Trinajstić information content (AvgIpc) is 3.14. The monoisotopic (exact) mass is 371 g/mol. The SMILES string of the molecule is CCCc1nc(C(=O)N[C@H]2CN(C)S(=O)(=O)c3ccsc32)cs1. The fourth-order valence-electron chi connectivity index (χ4n) is 2.47. The minimum Gasteiger partial charge on any atom is -0.342 e. The van der Waals surface area contributed by atoms with E-state index in [1.54, 1.807) is 16.8 Å². The molecule has 0 unspecified atom stereocenters. The number of carbonyl (C=O) groups is 1. The van der Waals surface area contributed by atoms with Crippen LogP contribution < -0.4 is 5.32 Å². The van der Waals surface area contributed by atoms with Crippen molar-refractivity contribution in [3.05, 3.63) is 32.4 Å². The molecule has 9 heteroatoms. The summed E-state index contributed by atoms with van der Waals surface area (Å²) in [6.45, 7) is 2.30. The lowest BCUT2D eigenvalue weighted by molar-refractivity contribution is 0.0927. The molecule has 0 aromatic carbocycles. The number of nitrogens with one attached hydrogen (secondary N) is 1. The molecule has 23 heavy (non-hydrogen) atoms. The zero-order chi connectivity index (χ0) is 16.6. The van der Waals surface area contributed by atoms with Crippen molar-refractivity contribution in [2.45, 2.75) is 30.7 Å². The van der Waals surface area contributed by atoms with Crippen LogP contribution in [0.15, 0.2) is 21.7 Å². The van der Waals surface area contributed by atoms with Gasteiger partial charge in [-0.05, 0) is 24.3 Å². The van der Waals surface area contributed by atoms with E-state index in [1.165, 1.54) is 34.0 Å². The van der Waals surface area contributed by atoms with Crippen molar-refractivity contribution in [2.75, 3.05) is 13.6 Å². The van der Waals surface area contributed by atoms with Crippen LogP contribution in [-0.2, 0) is 16.4 Å². The minimum atomic E-state index is -3.44. The Kier molecular flexibility index (Phi) is 4.54. The van der Waals surface area contributed by atoms with Crippen LogP contribution in [0.1, 0.15) is 39.8 Å². The van der Waals surface area contributed by atoms with Crippen molar-refractivity contribution >= 4 is 38.6 Å². The average molecular weight is 372 g/mol. The molecule has 0 saturated heterocycles. The summed E-state index contributed by atoms with van der Waals surface area (Å²) < 4.78 is 25.8. The molecule has 124 valence electrons. The Labute approximate surface area is 143 Å². The number of hydrogen-bond donors (Lipinski definition) is 1. The summed E-state index contributed by atoms with van der Waals surface area (Å²) in [5.74, 6) is -0.263. The van der Waals surface area contributed by atoms with Gasteiger partial charge in [0.15, 0.2) is 0 Å². The lowest BCUT2D eigenvalue weighted by Crippen LogP contribution is -2.42. The standard InChI is InChI=1S/C14H17N3O3S3/c1-3-4-12-15-10(8-22-12)14(18)16-9-7-17(2)23(19,20)11-5-6-21-13(9)11/h5-6,8-9H,3-4,7H2,1-2H3,(H,16,18)/t9-/m0/s1. The lowest BCUT2D eigenvalue weighted by atomic mass is 10.2. The Morgan fingerprint density at radius 2 is 2.26 bits per heavy atom. The zero-order valence-corrected chi connectivity index (χ0v) is 15.2. The van der Waals surface area contributed by atoms with Crippen molar-refractivity contribution in [2.24, 2.45) is 0 Å². The number of aryl methyl sites for hydroxylation is 1. The number of amides is 1. The predicted molar refractivity (Wildman–Crippen MR) is 90.5 cm³/mol. The number of sulfonamides is 1. The molecule has 3 rings (SSSR count). The van der Waals surface area contributed by atoms with Crippen LogP contribution in [-0.4, -0.2) is 37.2 Å². The Morgan fingerprint density at radius 3 is 3.00 bits per heavy atom. The van der Waals surface area contributed by atoms with E-state index in [4.69, 9.17) is 0 Å². The summed E-state index contributed by atoms with van der Waals surface area (Å²) in [5.41, 5.74) is 0.396. The fraction of sp³-hybridized carbons (Fsp3) is 0.429. The second-order valence-corrected chi connectivity index (χ2v) is 9.24. The number of fused-ring (bicyclic) bond motifs is 1. The van der Waals surface area contributed by atoms with Crippen LogP contribution in [0.4, 0.5) is 0 Å². The van der Waals surface area contributed by atoms with Crippen LogP contribution in [0.25, 0.3) is 0 Å². The maximum atomic E-state index is 12.4. The van der Waals surface area contributed by atoms with Gasteiger partial charge in [0.1, 0.15) is 5.69 Å². The highest BCUT2D eigenvalue weighted by molar-refractivity contribution is 7.89. The molecule has 0 saturated carbocycles. The molecule has 0 fully saturated rings. The smallest absolute Gasteiger partial charge is 0.271 e. The quantitative estimate of drug-likeness (QED) is 0.894. The molecule has 2 aromatic rings. The first-order chi connectivity index (χ1) is 10.9. The molecule has 0 radical (unpaired) electrons. The number of carbonyl (C=O) groups excluding carboxylic acids is 1. The topological polar surface area (TPSA) is 79.4 Å². The Balaban J connectivity index is 1.81. The van der Waals surface area contributed by atoms with Crippen LogP contribution in [0.3, 0.4) is 0 Å². The summed E-state index contributed by atoms with van der Waals surface area (Å²) in [6.07, 6.45) is 1.84. The summed E-state index contributed by atoms with van der Waals surface area (Å²) in [6, 6.07) is 1.24. The van der Waals surface area contributed by atoms with E-state index in [0.717, 1.165) is 17.8 Å². The van der Waals surface area contributed by atoms with E-state index in [2.05, 4.69) is 17.2 Å². The maximum absolute atomic E-state index is 12.4. The van der Waals surface area contributed by atoms with Crippen molar-refractivity contribution in [3.63, 3.8) is 0 Å². The van der Waals surface area contributed by atoms with Crippen LogP contribution >= 0.6 is 22.7 Å².